The molecule has 0 aromatic carbocycles. The Labute approximate surface area is 81.0 Å². The predicted molar refractivity (Wildman–Crippen MR) is 54.0 cm³/mol. The summed E-state index contributed by atoms with van der Waals surface area (Å²) in [5.74, 6) is 0.924. The average Bonchev–Trinajstić information content (AvgIpc) is 2.19. The standard InChI is InChI=1S/C9H9N5/c10-8-3-6-12-9(14-8)13-7-1-4-11-5-2-7/h1-6H,(H3,10,11,12,13,14). The highest BCUT2D eigenvalue weighted by Crippen LogP contribution is 2.10. The molecule has 0 saturated heterocycles. The van der Waals surface area contributed by atoms with Crippen LogP contribution < -0.4 is 11.1 Å². The molecule has 2 rings (SSSR count). The van der Waals surface area contributed by atoms with E-state index in [2.05, 4.69) is 20.3 Å². The van der Waals surface area contributed by atoms with Gasteiger partial charge >= 0.3 is 0 Å². The van der Waals surface area contributed by atoms with Crippen molar-refractivity contribution in [3.63, 3.8) is 0 Å². The number of pyridine rings is 1. The fraction of sp³-hybridized carbons (Fsp3) is 0. The molecule has 0 bridgehead atoms. The number of aromatic nitrogens is 3. The van der Waals surface area contributed by atoms with Crippen molar-refractivity contribution in [1.29, 1.82) is 0 Å². The lowest BCUT2D eigenvalue weighted by atomic mass is 10.4. The summed E-state index contributed by atoms with van der Waals surface area (Å²) in [4.78, 5) is 11.9. The number of hydrogen-bond acceptors (Lipinski definition) is 5. The van der Waals surface area contributed by atoms with Crippen LogP contribution in [0.5, 0.6) is 0 Å². The van der Waals surface area contributed by atoms with Crippen molar-refractivity contribution in [3.05, 3.63) is 36.8 Å². The van der Waals surface area contributed by atoms with E-state index in [0.29, 0.717) is 11.8 Å². The molecule has 2 heterocycles. The molecule has 0 atom stereocenters. The zero-order valence-corrected chi connectivity index (χ0v) is 7.38. The fourth-order valence-corrected chi connectivity index (χ4v) is 0.997. The minimum Gasteiger partial charge on any atom is -0.384 e. The van der Waals surface area contributed by atoms with Gasteiger partial charge in [-0.3, -0.25) is 4.98 Å². The quantitative estimate of drug-likeness (QED) is 0.738. The number of nitrogens with one attached hydrogen (secondary N) is 1. The van der Waals surface area contributed by atoms with Crippen LogP contribution in [0.4, 0.5) is 17.5 Å². The molecule has 0 aliphatic heterocycles. The molecule has 70 valence electrons. The van der Waals surface area contributed by atoms with Gasteiger partial charge in [0.25, 0.3) is 0 Å². The Kier molecular flexibility index (Phi) is 2.22. The molecule has 2 aromatic heterocycles. The number of nitrogen functional groups attached to an aromatic ring is 1. The second-order valence-electron chi connectivity index (χ2n) is 2.67. The molecule has 0 saturated carbocycles. The van der Waals surface area contributed by atoms with Gasteiger partial charge in [0.15, 0.2) is 0 Å². The normalized spacial score (nSPS) is 9.71. The smallest absolute Gasteiger partial charge is 0.229 e. The number of nitrogens with zero attached hydrogens (tertiary/aromatic N) is 3. The second kappa shape index (κ2) is 3.69. The third kappa shape index (κ3) is 1.95. The van der Waals surface area contributed by atoms with Crippen LogP contribution in [0.25, 0.3) is 0 Å². The van der Waals surface area contributed by atoms with Crippen molar-refractivity contribution < 1.29 is 0 Å². The highest BCUT2D eigenvalue weighted by atomic mass is 15.1. The van der Waals surface area contributed by atoms with E-state index in [1.54, 1.807) is 24.7 Å². The minimum atomic E-state index is 0.441. The lowest BCUT2D eigenvalue weighted by Gasteiger charge is -2.03. The van der Waals surface area contributed by atoms with E-state index in [9.17, 15) is 0 Å². The summed E-state index contributed by atoms with van der Waals surface area (Å²) >= 11 is 0. The summed E-state index contributed by atoms with van der Waals surface area (Å²) in [6.45, 7) is 0. The zero-order valence-electron chi connectivity index (χ0n) is 7.38. The van der Waals surface area contributed by atoms with Crippen LogP contribution in [0.3, 0.4) is 0 Å². The molecule has 0 spiro atoms. The number of nitrogens with two attached hydrogens (primary N) is 1. The average molecular weight is 187 g/mol. The summed E-state index contributed by atoms with van der Waals surface area (Å²) < 4.78 is 0. The SMILES string of the molecule is Nc1ccnc(Nc2ccncc2)n1. The summed E-state index contributed by atoms with van der Waals surface area (Å²) in [5, 5.41) is 3.00. The lowest BCUT2D eigenvalue weighted by Crippen LogP contribution is -1.99. The van der Waals surface area contributed by atoms with E-state index in [0.717, 1.165) is 5.69 Å². The topological polar surface area (TPSA) is 76.7 Å². The summed E-state index contributed by atoms with van der Waals surface area (Å²) in [6.07, 6.45) is 4.98. The summed E-state index contributed by atoms with van der Waals surface area (Å²) in [7, 11) is 0. The molecule has 5 nitrogen and oxygen atoms in total. The van der Waals surface area contributed by atoms with Gasteiger partial charge in [0, 0.05) is 24.3 Å². The van der Waals surface area contributed by atoms with Crippen LogP contribution in [-0.2, 0) is 0 Å². The van der Waals surface area contributed by atoms with Crippen molar-refractivity contribution in [2.75, 3.05) is 11.1 Å². The van der Waals surface area contributed by atoms with Gasteiger partial charge in [0.1, 0.15) is 5.82 Å². The fourth-order valence-electron chi connectivity index (χ4n) is 0.997. The van der Waals surface area contributed by atoms with E-state index in [-0.39, 0.29) is 0 Å². The maximum absolute atomic E-state index is 5.51. The Morgan fingerprint density at radius 1 is 1.07 bits per heavy atom. The molecule has 0 aliphatic rings. The van der Waals surface area contributed by atoms with Gasteiger partial charge in [0.2, 0.25) is 5.95 Å². The molecule has 0 amide bonds. The molecule has 0 fully saturated rings. The van der Waals surface area contributed by atoms with E-state index in [1.807, 2.05) is 12.1 Å². The molecular formula is C9H9N5. The van der Waals surface area contributed by atoms with Crippen molar-refractivity contribution >= 4 is 17.5 Å². The van der Waals surface area contributed by atoms with Gasteiger partial charge in [-0.2, -0.15) is 4.98 Å². The van der Waals surface area contributed by atoms with E-state index >= 15 is 0 Å². The first-order chi connectivity index (χ1) is 6.84. The van der Waals surface area contributed by atoms with Gasteiger partial charge in [-0.25, -0.2) is 4.98 Å². The van der Waals surface area contributed by atoms with Crippen molar-refractivity contribution in [1.82, 2.24) is 15.0 Å². The number of rotatable bonds is 2. The molecule has 2 aromatic rings. The Balaban J connectivity index is 2.19. The molecule has 5 heteroatoms. The minimum absolute atomic E-state index is 0.441. The van der Waals surface area contributed by atoms with E-state index in [1.165, 1.54) is 0 Å². The van der Waals surface area contributed by atoms with E-state index in [4.69, 9.17) is 5.73 Å². The number of anilines is 3. The van der Waals surface area contributed by atoms with Gasteiger partial charge in [-0.05, 0) is 18.2 Å². The lowest BCUT2D eigenvalue weighted by molar-refractivity contribution is 1.17. The second-order valence-corrected chi connectivity index (χ2v) is 2.67. The van der Waals surface area contributed by atoms with E-state index < -0.39 is 0 Å². The first kappa shape index (κ1) is 8.43. The summed E-state index contributed by atoms with van der Waals surface area (Å²) in [5.41, 5.74) is 6.39. The third-order valence-electron chi connectivity index (χ3n) is 1.61. The summed E-state index contributed by atoms with van der Waals surface area (Å²) in [6, 6.07) is 5.29. The van der Waals surface area contributed by atoms with Crippen molar-refractivity contribution in [2.45, 2.75) is 0 Å². The largest absolute Gasteiger partial charge is 0.384 e. The molecule has 0 aliphatic carbocycles. The predicted octanol–water partition coefficient (Wildman–Crippen LogP) is 1.20. The molecule has 0 radical (unpaired) electrons. The maximum atomic E-state index is 5.51. The van der Waals surface area contributed by atoms with Crippen LogP contribution in [0.2, 0.25) is 0 Å². The Morgan fingerprint density at radius 2 is 1.86 bits per heavy atom. The Bertz CT molecular complexity index is 415. The third-order valence-corrected chi connectivity index (χ3v) is 1.61. The molecule has 14 heavy (non-hydrogen) atoms. The first-order valence-electron chi connectivity index (χ1n) is 4.10. The monoisotopic (exact) mass is 187 g/mol. The maximum Gasteiger partial charge on any atom is 0.229 e. The van der Waals surface area contributed by atoms with Crippen LogP contribution in [-0.4, -0.2) is 15.0 Å². The van der Waals surface area contributed by atoms with Crippen LogP contribution >= 0.6 is 0 Å². The van der Waals surface area contributed by atoms with Crippen molar-refractivity contribution in [3.8, 4) is 0 Å². The van der Waals surface area contributed by atoms with Gasteiger partial charge in [-0.15, -0.1) is 0 Å². The molecule has 3 N–H and O–H groups in total. The van der Waals surface area contributed by atoms with Crippen LogP contribution in [0.15, 0.2) is 36.8 Å². The molecular weight excluding hydrogens is 178 g/mol. The Hall–Kier alpha value is -2.17. The Morgan fingerprint density at radius 3 is 2.57 bits per heavy atom. The van der Waals surface area contributed by atoms with Gasteiger partial charge in [-0.1, -0.05) is 0 Å². The highest BCUT2D eigenvalue weighted by molar-refractivity contribution is 5.52. The number of hydrogen-bond donors (Lipinski definition) is 2. The van der Waals surface area contributed by atoms with Gasteiger partial charge in [0.05, 0.1) is 0 Å². The van der Waals surface area contributed by atoms with Crippen LogP contribution in [0.1, 0.15) is 0 Å². The van der Waals surface area contributed by atoms with Crippen LogP contribution in [0, 0.1) is 0 Å². The van der Waals surface area contributed by atoms with Crippen molar-refractivity contribution in [2.24, 2.45) is 0 Å². The highest BCUT2D eigenvalue weighted by Gasteiger charge is 1.96. The zero-order chi connectivity index (χ0) is 9.80. The first-order valence-corrected chi connectivity index (χ1v) is 4.10. The van der Waals surface area contributed by atoms with Gasteiger partial charge < -0.3 is 11.1 Å². The molecule has 0 unspecified atom stereocenters.